The molecule has 4 aliphatic rings. The molecule has 0 spiro atoms. The van der Waals surface area contributed by atoms with E-state index < -0.39 is 0 Å². The van der Waals surface area contributed by atoms with E-state index >= 15 is 0 Å². The molecule has 2 aliphatic carbocycles. The van der Waals surface area contributed by atoms with Gasteiger partial charge >= 0.3 is 0 Å². The van der Waals surface area contributed by atoms with Crippen molar-refractivity contribution in [2.75, 3.05) is 26.2 Å². The molecule has 512 valence electrons. The molecule has 6 aromatic carbocycles. The van der Waals surface area contributed by atoms with Crippen LogP contribution < -0.4 is 20.5 Å². The average molecular weight is 1320 g/mol. The van der Waals surface area contributed by atoms with Crippen LogP contribution in [0.25, 0.3) is 0 Å². The molecular formula is C80H98F2N10O5. The van der Waals surface area contributed by atoms with E-state index in [0.717, 1.165) is 96.7 Å². The van der Waals surface area contributed by atoms with Crippen LogP contribution in [0, 0.1) is 46.1 Å². The number of nitrogens with zero attached hydrogens (tertiary/aromatic N) is 8. The van der Waals surface area contributed by atoms with Gasteiger partial charge < -0.3 is 30.3 Å². The van der Waals surface area contributed by atoms with Crippen molar-refractivity contribution in [3.05, 3.63) is 228 Å². The number of amides is 3. The Morgan fingerprint density at radius 3 is 1.27 bits per heavy atom. The van der Waals surface area contributed by atoms with Crippen LogP contribution in [0.5, 0.6) is 11.5 Å². The number of ether oxygens (including phenoxy) is 2. The molecule has 3 N–H and O–H groups in total. The second kappa shape index (κ2) is 34.6. The van der Waals surface area contributed by atoms with E-state index in [-0.39, 0.29) is 64.1 Å². The van der Waals surface area contributed by atoms with Gasteiger partial charge in [0.15, 0.2) is 0 Å². The standard InChI is InChI=1S/C41H50FN5O3.C39H48FN5O2/c1-31(48)45-38(25-33-14-18-39(19-15-33)50-27-34-8-4-2-5-9-34)26-35(24-32-12-16-37(42)17-13-32)40(49)46-22-20-41(21-23-46,28-47-30-43-29-44-47)36-10-6-3-7-11-36;40-35-15-11-30(12-16-35)23-33(25-36(41)24-31-13-17-37(18-14-31)47-26-32-7-3-1-4-8-32)38(46)44-21-19-39(20-22-44,27-45-29-42-28-43-45)34-9-5-2-6-10-34/h2,4-5,8-9,12-19,29-30,35-36,38H,3,6-7,10-11,20-28H2,1H3,(H,45,48);1,3-4,7-8,11-18,28-29,33-34,36H,2,5-6,9-10,19-27,41H2/t35-,38+;33-,36+/m00/s1. The van der Waals surface area contributed by atoms with Crippen molar-refractivity contribution in [2.24, 2.45) is 40.2 Å². The number of piperidine rings is 2. The van der Waals surface area contributed by atoms with Crippen molar-refractivity contribution >= 4 is 17.7 Å². The Kier molecular flexibility index (Phi) is 24.9. The monoisotopic (exact) mass is 1320 g/mol. The Balaban J connectivity index is 0.000000197. The van der Waals surface area contributed by atoms with E-state index in [1.165, 1.54) is 95.4 Å². The summed E-state index contributed by atoms with van der Waals surface area (Å²) in [7, 11) is 0. The summed E-state index contributed by atoms with van der Waals surface area (Å²) in [6.45, 7) is 7.09. The highest BCUT2D eigenvalue weighted by Gasteiger charge is 2.46. The molecule has 8 aromatic rings. The Morgan fingerprint density at radius 1 is 0.495 bits per heavy atom. The molecule has 2 aliphatic heterocycles. The Morgan fingerprint density at radius 2 is 0.876 bits per heavy atom. The lowest BCUT2D eigenvalue weighted by Crippen LogP contribution is -2.50. The van der Waals surface area contributed by atoms with E-state index in [0.29, 0.717) is 76.7 Å². The Bertz CT molecular complexity index is 3630. The molecular weight excluding hydrogens is 1220 g/mol. The summed E-state index contributed by atoms with van der Waals surface area (Å²) in [5, 5.41) is 12.1. The van der Waals surface area contributed by atoms with Crippen LogP contribution in [0.4, 0.5) is 8.78 Å². The Labute approximate surface area is 572 Å². The van der Waals surface area contributed by atoms with Crippen LogP contribution >= 0.6 is 0 Å². The number of nitrogens with two attached hydrogens (primary N) is 1. The van der Waals surface area contributed by atoms with Crippen molar-refractivity contribution < 1.29 is 32.6 Å². The third-order valence-corrected chi connectivity index (χ3v) is 21.3. The second-order valence-corrected chi connectivity index (χ2v) is 28.2. The van der Waals surface area contributed by atoms with E-state index in [9.17, 15) is 23.2 Å². The maximum atomic E-state index is 14.5. The number of benzene rings is 6. The van der Waals surface area contributed by atoms with Gasteiger partial charge in [-0.05, 0) is 194 Å². The molecule has 2 aromatic heterocycles. The fourth-order valence-corrected chi connectivity index (χ4v) is 16.1. The maximum Gasteiger partial charge on any atom is 0.226 e. The first-order valence-electron chi connectivity index (χ1n) is 35.6. The molecule has 0 bridgehead atoms. The number of carbonyl (C=O) groups excluding carboxylic acids is 3. The van der Waals surface area contributed by atoms with Crippen LogP contribution in [0.15, 0.2) is 183 Å². The molecule has 0 unspecified atom stereocenters. The molecule has 97 heavy (non-hydrogen) atoms. The number of hydrogen-bond donors (Lipinski definition) is 2. The minimum Gasteiger partial charge on any atom is -0.489 e. The molecule has 4 fully saturated rings. The van der Waals surface area contributed by atoms with Gasteiger partial charge in [-0.15, -0.1) is 0 Å². The predicted molar refractivity (Wildman–Crippen MR) is 374 cm³/mol. The zero-order valence-corrected chi connectivity index (χ0v) is 56.5. The molecule has 4 atom stereocenters. The van der Waals surface area contributed by atoms with Gasteiger partial charge in [0.1, 0.15) is 61.7 Å². The van der Waals surface area contributed by atoms with Crippen LogP contribution in [0.2, 0.25) is 0 Å². The zero-order chi connectivity index (χ0) is 67.2. The van der Waals surface area contributed by atoms with Gasteiger partial charge in [0, 0.05) is 70.1 Å². The summed E-state index contributed by atoms with van der Waals surface area (Å²) >= 11 is 0. The van der Waals surface area contributed by atoms with Crippen molar-refractivity contribution in [1.29, 1.82) is 0 Å². The number of rotatable bonds is 27. The van der Waals surface area contributed by atoms with Gasteiger partial charge in [-0.1, -0.05) is 148 Å². The summed E-state index contributed by atoms with van der Waals surface area (Å²) in [5.41, 5.74) is 13.2. The third kappa shape index (κ3) is 20.3. The number of halogens is 2. The molecule has 15 nitrogen and oxygen atoms in total. The molecule has 2 saturated heterocycles. The van der Waals surface area contributed by atoms with Gasteiger partial charge in [-0.2, -0.15) is 10.2 Å². The van der Waals surface area contributed by atoms with E-state index in [1.54, 1.807) is 36.9 Å². The number of aromatic nitrogens is 6. The molecule has 0 radical (unpaired) electrons. The quantitative estimate of drug-likeness (QED) is 0.0504. The first-order valence-corrected chi connectivity index (χ1v) is 35.6. The van der Waals surface area contributed by atoms with Crippen LogP contribution in [0.1, 0.15) is 143 Å². The molecule has 3 amide bonds. The minimum atomic E-state index is -0.372. The van der Waals surface area contributed by atoms with Gasteiger partial charge in [0.05, 0.1) is 0 Å². The lowest BCUT2D eigenvalue weighted by atomic mass is 9.63. The highest BCUT2D eigenvalue weighted by Crippen LogP contribution is 2.49. The normalized spacial score (nSPS) is 17.8. The van der Waals surface area contributed by atoms with E-state index in [1.807, 2.05) is 124 Å². The van der Waals surface area contributed by atoms with Crippen molar-refractivity contribution in [3.8, 4) is 11.5 Å². The lowest BCUT2D eigenvalue weighted by molar-refractivity contribution is -0.140. The fourth-order valence-electron chi connectivity index (χ4n) is 16.1. The minimum absolute atomic E-state index is 0.0903. The fraction of sp³-hybridized carbons (Fsp3) is 0.463. The molecule has 17 heteroatoms. The van der Waals surface area contributed by atoms with Gasteiger partial charge in [0.25, 0.3) is 0 Å². The highest BCUT2D eigenvalue weighted by atomic mass is 19.1. The van der Waals surface area contributed by atoms with Crippen LogP contribution in [-0.2, 0) is 66.4 Å². The topological polar surface area (TPSA) is 176 Å². The third-order valence-electron chi connectivity index (χ3n) is 21.3. The molecule has 4 heterocycles. The summed E-state index contributed by atoms with van der Waals surface area (Å²) in [4.78, 5) is 53.7. The molecule has 12 rings (SSSR count). The first kappa shape index (κ1) is 69.8. The SMILES string of the molecule is CC(=O)N[C@H](Cc1ccc(OCc2ccccc2)cc1)C[C@H](Cc1ccc(F)cc1)C(=O)N1CCC(Cn2cncn2)(C2CCCCC2)CC1.N[C@H](Cc1ccc(OCc2ccccc2)cc1)C[C@H](Cc1ccc(F)cc1)C(=O)N1CCC(Cn2cncn2)(C2CCCCC2)CC1. The summed E-state index contributed by atoms with van der Waals surface area (Å²) in [5.74, 6) is 1.77. The number of nitrogens with one attached hydrogen (secondary N) is 1. The summed E-state index contributed by atoms with van der Waals surface area (Å²) in [6, 6.07) is 48.7. The summed E-state index contributed by atoms with van der Waals surface area (Å²) in [6.07, 6.45) is 26.6. The van der Waals surface area contributed by atoms with Crippen LogP contribution in [0.3, 0.4) is 0 Å². The average Bonchev–Trinajstić information content (AvgIpc) is 1.65. The van der Waals surface area contributed by atoms with Gasteiger partial charge in [0.2, 0.25) is 17.7 Å². The predicted octanol–water partition coefficient (Wildman–Crippen LogP) is 14.2. The Hall–Kier alpha value is -8.57. The van der Waals surface area contributed by atoms with Gasteiger partial charge in [-0.3, -0.25) is 23.7 Å². The first-order chi connectivity index (χ1) is 47.3. The van der Waals surface area contributed by atoms with Crippen molar-refractivity contribution in [3.63, 3.8) is 0 Å². The van der Waals surface area contributed by atoms with Crippen molar-refractivity contribution in [1.82, 2.24) is 44.6 Å². The largest absolute Gasteiger partial charge is 0.489 e. The van der Waals surface area contributed by atoms with Gasteiger partial charge in [-0.25, -0.2) is 18.7 Å². The molecule has 2 saturated carbocycles. The lowest BCUT2D eigenvalue weighted by Gasteiger charge is -2.48. The summed E-state index contributed by atoms with van der Waals surface area (Å²) < 4.78 is 43.5. The van der Waals surface area contributed by atoms with E-state index in [4.69, 9.17) is 15.2 Å². The highest BCUT2D eigenvalue weighted by molar-refractivity contribution is 5.80. The van der Waals surface area contributed by atoms with Crippen LogP contribution in [-0.4, -0.2) is 95.3 Å². The number of hydrogen-bond acceptors (Lipinski definition) is 10. The smallest absolute Gasteiger partial charge is 0.226 e. The number of likely N-dealkylation sites (tertiary alicyclic amines) is 2. The van der Waals surface area contributed by atoms with E-state index in [2.05, 4.69) is 42.5 Å². The number of carbonyl (C=O) groups is 3. The van der Waals surface area contributed by atoms with Crippen molar-refractivity contribution in [2.45, 2.75) is 174 Å². The maximum absolute atomic E-state index is 14.5. The zero-order valence-electron chi connectivity index (χ0n) is 56.5. The second-order valence-electron chi connectivity index (χ2n) is 28.2.